The van der Waals surface area contributed by atoms with Gasteiger partial charge in [-0.05, 0) is 72.0 Å². The SMILES string of the molecule is Cc1cccc2c1C(CC(=O)N[C@@H](Cc1cc(F)cc(F)c1)c1ncccc1-c1cccc(C(N)=O)c1)C=N2. The number of aromatic nitrogens is 1. The molecule has 196 valence electrons. The van der Waals surface area contributed by atoms with Gasteiger partial charge < -0.3 is 11.1 Å². The fraction of sp³-hybridized carbons (Fsp3) is 0.161. The van der Waals surface area contributed by atoms with Crippen LogP contribution in [0.15, 0.2) is 84.0 Å². The van der Waals surface area contributed by atoms with Crippen LogP contribution in [0, 0.1) is 18.6 Å². The number of hydrogen-bond acceptors (Lipinski definition) is 4. The third-order valence-electron chi connectivity index (χ3n) is 6.79. The van der Waals surface area contributed by atoms with E-state index in [1.807, 2.05) is 37.3 Å². The summed E-state index contributed by atoms with van der Waals surface area (Å²) in [5, 5.41) is 3.05. The first kappa shape index (κ1) is 25.9. The molecule has 0 spiro atoms. The van der Waals surface area contributed by atoms with E-state index in [1.54, 1.807) is 36.7 Å². The molecule has 8 heteroatoms. The minimum Gasteiger partial charge on any atom is -0.366 e. The highest BCUT2D eigenvalue weighted by atomic mass is 19.1. The largest absolute Gasteiger partial charge is 0.366 e. The lowest BCUT2D eigenvalue weighted by molar-refractivity contribution is -0.121. The van der Waals surface area contributed by atoms with Crippen molar-refractivity contribution >= 4 is 23.7 Å². The van der Waals surface area contributed by atoms with Crippen molar-refractivity contribution in [2.45, 2.75) is 31.7 Å². The second-order valence-corrected chi connectivity index (χ2v) is 9.58. The second-order valence-electron chi connectivity index (χ2n) is 9.58. The van der Waals surface area contributed by atoms with Gasteiger partial charge in [-0.15, -0.1) is 0 Å². The Labute approximate surface area is 224 Å². The van der Waals surface area contributed by atoms with Crippen molar-refractivity contribution in [1.29, 1.82) is 0 Å². The van der Waals surface area contributed by atoms with Gasteiger partial charge in [0.1, 0.15) is 11.6 Å². The average Bonchev–Trinajstić information content (AvgIpc) is 3.31. The molecule has 0 radical (unpaired) electrons. The number of carbonyl (C=O) groups excluding carboxylic acids is 2. The maximum atomic E-state index is 14.1. The van der Waals surface area contributed by atoms with Gasteiger partial charge in [-0.1, -0.05) is 30.3 Å². The predicted octanol–water partition coefficient (Wildman–Crippen LogP) is 5.72. The highest BCUT2D eigenvalue weighted by molar-refractivity contribution is 5.94. The number of benzene rings is 3. The third kappa shape index (κ3) is 5.75. The summed E-state index contributed by atoms with van der Waals surface area (Å²) >= 11 is 0. The Morgan fingerprint density at radius 1 is 1.00 bits per heavy atom. The number of rotatable bonds is 8. The summed E-state index contributed by atoms with van der Waals surface area (Å²) < 4.78 is 28.1. The maximum Gasteiger partial charge on any atom is 0.248 e. The minimum absolute atomic E-state index is 0.0916. The van der Waals surface area contributed by atoms with Crippen molar-refractivity contribution in [2.24, 2.45) is 10.7 Å². The number of primary amides is 1. The van der Waals surface area contributed by atoms with Crippen LogP contribution in [0.3, 0.4) is 0 Å². The van der Waals surface area contributed by atoms with E-state index in [0.29, 0.717) is 27.9 Å². The van der Waals surface area contributed by atoms with E-state index in [4.69, 9.17) is 5.73 Å². The summed E-state index contributed by atoms with van der Waals surface area (Å²) in [4.78, 5) is 34.2. The minimum atomic E-state index is -0.721. The van der Waals surface area contributed by atoms with Crippen LogP contribution >= 0.6 is 0 Å². The number of halogens is 2. The van der Waals surface area contributed by atoms with Gasteiger partial charge in [-0.3, -0.25) is 19.6 Å². The zero-order valence-electron chi connectivity index (χ0n) is 21.2. The van der Waals surface area contributed by atoms with E-state index in [2.05, 4.69) is 15.3 Å². The zero-order valence-corrected chi connectivity index (χ0v) is 21.2. The van der Waals surface area contributed by atoms with Gasteiger partial charge in [0.15, 0.2) is 0 Å². The number of nitrogens with zero attached hydrogens (tertiary/aromatic N) is 2. The van der Waals surface area contributed by atoms with E-state index in [-0.39, 0.29) is 24.7 Å². The molecule has 3 N–H and O–H groups in total. The first-order chi connectivity index (χ1) is 18.8. The molecule has 2 atom stereocenters. The molecule has 0 aliphatic carbocycles. The van der Waals surface area contributed by atoms with Crippen LogP contribution < -0.4 is 11.1 Å². The standard InChI is InChI=1S/C31H26F2N4O2/c1-18-5-2-9-26-29(18)22(17-36-26)15-28(38)37-27(13-19-11-23(32)16-24(33)12-19)30-25(8-4-10-35-30)20-6-3-7-21(14-20)31(34)39/h2-12,14,16-17,22,27H,13,15H2,1H3,(H2,34,39)(H,37,38)/t22?,27-/m0/s1. The summed E-state index contributed by atoms with van der Waals surface area (Å²) in [5.41, 5.74) is 10.9. The monoisotopic (exact) mass is 524 g/mol. The first-order valence-corrected chi connectivity index (χ1v) is 12.5. The van der Waals surface area contributed by atoms with Gasteiger partial charge in [0.25, 0.3) is 0 Å². The number of aryl methyl sites for hydroxylation is 1. The highest BCUT2D eigenvalue weighted by Crippen LogP contribution is 2.37. The molecule has 0 fully saturated rings. The van der Waals surface area contributed by atoms with Gasteiger partial charge in [-0.2, -0.15) is 0 Å². The molecule has 1 unspecified atom stereocenters. The fourth-order valence-electron chi connectivity index (χ4n) is 5.07. The molecule has 1 aliphatic rings. The molecule has 3 aromatic carbocycles. The van der Waals surface area contributed by atoms with Crippen molar-refractivity contribution in [3.63, 3.8) is 0 Å². The first-order valence-electron chi connectivity index (χ1n) is 12.5. The summed E-state index contributed by atoms with van der Waals surface area (Å²) in [6.07, 6.45) is 3.60. The normalized spacial score (nSPS) is 14.6. The van der Waals surface area contributed by atoms with Gasteiger partial charge in [0.2, 0.25) is 11.8 Å². The van der Waals surface area contributed by atoms with Crippen LogP contribution in [0.4, 0.5) is 14.5 Å². The summed E-state index contributed by atoms with van der Waals surface area (Å²) in [6.45, 7) is 1.99. The molecule has 0 bridgehead atoms. The molecule has 1 aliphatic heterocycles. The highest BCUT2D eigenvalue weighted by Gasteiger charge is 2.26. The van der Waals surface area contributed by atoms with E-state index in [1.165, 1.54) is 12.1 Å². The Balaban J connectivity index is 1.49. The number of hydrogen-bond donors (Lipinski definition) is 2. The molecule has 5 rings (SSSR count). The molecule has 4 aromatic rings. The third-order valence-corrected chi connectivity index (χ3v) is 6.79. The average molecular weight is 525 g/mol. The van der Waals surface area contributed by atoms with Crippen LogP contribution in [-0.4, -0.2) is 23.0 Å². The Hall–Kier alpha value is -4.72. The van der Waals surface area contributed by atoms with Gasteiger partial charge in [0, 0.05) is 41.9 Å². The molecule has 1 aromatic heterocycles. The van der Waals surface area contributed by atoms with Crippen LogP contribution in [0.25, 0.3) is 11.1 Å². The van der Waals surface area contributed by atoms with Crippen molar-refractivity contribution < 1.29 is 18.4 Å². The molecule has 0 saturated carbocycles. The Kier molecular flexibility index (Phi) is 7.27. The number of pyridine rings is 1. The van der Waals surface area contributed by atoms with E-state index in [0.717, 1.165) is 22.9 Å². The predicted molar refractivity (Wildman–Crippen MR) is 146 cm³/mol. The summed E-state index contributed by atoms with van der Waals surface area (Å²) in [6, 6.07) is 18.7. The Morgan fingerprint density at radius 2 is 1.77 bits per heavy atom. The topological polar surface area (TPSA) is 97.4 Å². The van der Waals surface area contributed by atoms with Crippen molar-refractivity contribution in [2.75, 3.05) is 0 Å². The van der Waals surface area contributed by atoms with Crippen molar-refractivity contribution in [3.8, 4) is 11.1 Å². The van der Waals surface area contributed by atoms with Crippen LogP contribution in [0.2, 0.25) is 0 Å². The van der Waals surface area contributed by atoms with Gasteiger partial charge in [0.05, 0.1) is 17.4 Å². The molecule has 6 nitrogen and oxygen atoms in total. The Bertz CT molecular complexity index is 1580. The number of nitrogens with two attached hydrogens (primary N) is 1. The molecule has 0 saturated heterocycles. The van der Waals surface area contributed by atoms with Crippen molar-refractivity contribution in [1.82, 2.24) is 10.3 Å². The number of nitrogens with one attached hydrogen (secondary N) is 1. The van der Waals surface area contributed by atoms with E-state index in [9.17, 15) is 18.4 Å². The Morgan fingerprint density at radius 3 is 2.54 bits per heavy atom. The fourth-order valence-corrected chi connectivity index (χ4v) is 5.07. The second kappa shape index (κ2) is 10.9. The van der Waals surface area contributed by atoms with E-state index < -0.39 is 23.6 Å². The number of fused-ring (bicyclic) bond motifs is 1. The molecule has 39 heavy (non-hydrogen) atoms. The number of aliphatic imine (C=N–C) groups is 1. The summed E-state index contributed by atoms with van der Waals surface area (Å²) in [7, 11) is 0. The van der Waals surface area contributed by atoms with Crippen LogP contribution in [0.1, 0.15) is 51.1 Å². The number of amides is 2. The smallest absolute Gasteiger partial charge is 0.248 e. The molecule has 2 heterocycles. The molecule has 2 amide bonds. The van der Waals surface area contributed by atoms with Crippen molar-refractivity contribution in [3.05, 3.63) is 119 Å². The lowest BCUT2D eigenvalue weighted by atomic mass is 9.92. The van der Waals surface area contributed by atoms with Gasteiger partial charge >= 0.3 is 0 Å². The number of carbonyl (C=O) groups is 2. The van der Waals surface area contributed by atoms with Crippen LogP contribution in [0.5, 0.6) is 0 Å². The maximum absolute atomic E-state index is 14.1. The summed E-state index contributed by atoms with van der Waals surface area (Å²) in [5.74, 6) is -2.44. The van der Waals surface area contributed by atoms with E-state index >= 15 is 0 Å². The zero-order chi connectivity index (χ0) is 27.5. The molecular weight excluding hydrogens is 498 g/mol. The van der Waals surface area contributed by atoms with Crippen LogP contribution in [-0.2, 0) is 11.2 Å². The molecular formula is C31H26F2N4O2. The lowest BCUT2D eigenvalue weighted by Gasteiger charge is -2.22. The van der Waals surface area contributed by atoms with Gasteiger partial charge in [-0.25, -0.2) is 8.78 Å². The quantitative estimate of drug-likeness (QED) is 0.308. The lowest BCUT2D eigenvalue weighted by Crippen LogP contribution is -2.32.